The van der Waals surface area contributed by atoms with E-state index in [-0.39, 0.29) is 0 Å². The van der Waals surface area contributed by atoms with Gasteiger partial charge in [-0.15, -0.1) is 11.6 Å². The van der Waals surface area contributed by atoms with Crippen LogP contribution in [0.25, 0.3) is 11.0 Å². The Morgan fingerprint density at radius 2 is 1.95 bits per heavy atom. The third-order valence-corrected chi connectivity index (χ3v) is 4.39. The van der Waals surface area contributed by atoms with Gasteiger partial charge in [-0.1, -0.05) is 46.3 Å². The van der Waals surface area contributed by atoms with Crippen molar-refractivity contribution in [2.24, 2.45) is 0 Å². The minimum Gasteiger partial charge on any atom is -0.324 e. The van der Waals surface area contributed by atoms with Gasteiger partial charge in [0, 0.05) is 10.5 Å². The molecule has 0 saturated carbocycles. The van der Waals surface area contributed by atoms with E-state index in [0.717, 1.165) is 27.8 Å². The minimum absolute atomic E-state index is 0.312. The monoisotopic (exact) mass is 362 g/mol. The summed E-state index contributed by atoms with van der Waals surface area (Å²) < 4.78 is 3.29. The first kappa shape index (κ1) is 14.6. The number of hydrogen-bond donors (Lipinski definition) is 0. The van der Waals surface area contributed by atoms with E-state index in [2.05, 4.69) is 62.7 Å². The summed E-state index contributed by atoms with van der Waals surface area (Å²) >= 11 is 9.59. The number of fused-ring (bicyclic) bond motifs is 1. The van der Waals surface area contributed by atoms with Gasteiger partial charge in [-0.25, -0.2) is 4.98 Å². The third kappa shape index (κ3) is 2.99. The van der Waals surface area contributed by atoms with Crippen LogP contribution in [0.15, 0.2) is 53.0 Å². The van der Waals surface area contributed by atoms with Crippen LogP contribution in [0.3, 0.4) is 0 Å². The summed E-state index contributed by atoms with van der Waals surface area (Å²) in [5.41, 5.74) is 3.45. The van der Waals surface area contributed by atoms with Gasteiger partial charge in [-0.3, -0.25) is 0 Å². The van der Waals surface area contributed by atoms with E-state index >= 15 is 0 Å². The fourth-order valence-electron chi connectivity index (χ4n) is 2.75. The average molecular weight is 364 g/mol. The van der Waals surface area contributed by atoms with Crippen LogP contribution in [0.1, 0.15) is 24.4 Å². The van der Waals surface area contributed by atoms with Crippen LogP contribution in [0.2, 0.25) is 0 Å². The molecule has 3 rings (SSSR count). The molecule has 1 atom stereocenters. The topological polar surface area (TPSA) is 17.8 Å². The van der Waals surface area contributed by atoms with Gasteiger partial charge in [0.25, 0.3) is 0 Å². The molecule has 1 heterocycles. The fraction of sp³-hybridized carbons (Fsp3) is 0.235. The number of alkyl halides is 1. The van der Waals surface area contributed by atoms with Crippen molar-refractivity contribution in [1.29, 1.82) is 0 Å². The maximum Gasteiger partial charge on any atom is 0.125 e. The number of benzene rings is 2. The van der Waals surface area contributed by atoms with Gasteiger partial charge in [0.2, 0.25) is 0 Å². The molecule has 2 aromatic carbocycles. The van der Waals surface area contributed by atoms with Crippen molar-refractivity contribution in [2.75, 3.05) is 0 Å². The number of hydrogen-bond acceptors (Lipinski definition) is 1. The maximum absolute atomic E-state index is 6.10. The molecule has 0 aliphatic heterocycles. The predicted molar refractivity (Wildman–Crippen MR) is 91.8 cm³/mol. The number of halogens is 2. The lowest BCUT2D eigenvalue weighted by Crippen LogP contribution is -2.11. The van der Waals surface area contributed by atoms with Gasteiger partial charge in [-0.2, -0.15) is 0 Å². The Morgan fingerprint density at radius 1 is 1.19 bits per heavy atom. The SMILES string of the molecule is CC(Cc1ccccc1)n1c(CCl)nc2cc(Br)ccc21. The highest BCUT2D eigenvalue weighted by Crippen LogP contribution is 2.26. The second kappa shape index (κ2) is 6.20. The van der Waals surface area contributed by atoms with E-state index < -0.39 is 0 Å². The van der Waals surface area contributed by atoms with Crippen molar-refractivity contribution in [2.45, 2.75) is 25.3 Å². The van der Waals surface area contributed by atoms with Gasteiger partial charge in [0.1, 0.15) is 5.82 Å². The lowest BCUT2D eigenvalue weighted by Gasteiger charge is -2.17. The summed E-state index contributed by atoms with van der Waals surface area (Å²) in [5, 5.41) is 0. The average Bonchev–Trinajstić information content (AvgIpc) is 2.85. The van der Waals surface area contributed by atoms with Crippen molar-refractivity contribution in [1.82, 2.24) is 9.55 Å². The first-order chi connectivity index (χ1) is 10.2. The lowest BCUT2D eigenvalue weighted by atomic mass is 10.1. The van der Waals surface area contributed by atoms with Crippen LogP contribution in [0.4, 0.5) is 0 Å². The zero-order chi connectivity index (χ0) is 14.8. The highest BCUT2D eigenvalue weighted by Gasteiger charge is 2.15. The molecule has 1 unspecified atom stereocenters. The number of imidazole rings is 1. The van der Waals surface area contributed by atoms with Crippen molar-refractivity contribution in [3.63, 3.8) is 0 Å². The van der Waals surface area contributed by atoms with Crippen LogP contribution >= 0.6 is 27.5 Å². The van der Waals surface area contributed by atoms with Crippen molar-refractivity contribution in [3.05, 3.63) is 64.4 Å². The molecule has 0 bridgehead atoms. The van der Waals surface area contributed by atoms with Crippen molar-refractivity contribution < 1.29 is 0 Å². The first-order valence-electron chi connectivity index (χ1n) is 6.95. The van der Waals surface area contributed by atoms with Crippen LogP contribution in [-0.4, -0.2) is 9.55 Å². The second-order valence-electron chi connectivity index (χ2n) is 5.20. The van der Waals surface area contributed by atoms with E-state index in [4.69, 9.17) is 11.6 Å². The molecule has 3 aromatic rings. The molecule has 1 aromatic heterocycles. The standard InChI is InChI=1S/C17H16BrClN2/c1-12(9-13-5-3-2-4-6-13)21-16-8-7-14(18)10-15(16)20-17(21)11-19/h2-8,10,12H,9,11H2,1H3. The van der Waals surface area contributed by atoms with Gasteiger partial charge >= 0.3 is 0 Å². The Morgan fingerprint density at radius 3 is 2.67 bits per heavy atom. The Labute approximate surface area is 137 Å². The van der Waals surface area contributed by atoms with E-state index in [1.165, 1.54) is 5.56 Å². The van der Waals surface area contributed by atoms with Crippen molar-refractivity contribution in [3.8, 4) is 0 Å². The summed E-state index contributed by atoms with van der Waals surface area (Å²) in [6.45, 7) is 2.21. The van der Waals surface area contributed by atoms with Crippen molar-refractivity contribution >= 4 is 38.6 Å². The normalized spacial score (nSPS) is 12.7. The second-order valence-corrected chi connectivity index (χ2v) is 6.39. The summed E-state index contributed by atoms with van der Waals surface area (Å²) in [6.07, 6.45) is 0.965. The Balaban J connectivity index is 2.02. The Kier molecular flexibility index (Phi) is 4.32. The number of rotatable bonds is 4. The van der Waals surface area contributed by atoms with E-state index in [0.29, 0.717) is 11.9 Å². The Hall–Kier alpha value is -1.32. The molecule has 0 spiro atoms. The number of aromatic nitrogens is 2. The zero-order valence-electron chi connectivity index (χ0n) is 11.8. The lowest BCUT2D eigenvalue weighted by molar-refractivity contribution is 0.543. The van der Waals surface area contributed by atoms with Gasteiger partial charge in [0.15, 0.2) is 0 Å². The first-order valence-corrected chi connectivity index (χ1v) is 8.28. The molecule has 4 heteroatoms. The van der Waals surface area contributed by atoms with Crippen LogP contribution < -0.4 is 0 Å². The zero-order valence-corrected chi connectivity index (χ0v) is 14.1. The summed E-state index contributed by atoms with van der Waals surface area (Å²) in [5.74, 6) is 1.35. The molecule has 2 nitrogen and oxygen atoms in total. The largest absolute Gasteiger partial charge is 0.324 e. The predicted octanol–water partition coefficient (Wildman–Crippen LogP) is 5.34. The third-order valence-electron chi connectivity index (χ3n) is 3.66. The molecule has 0 radical (unpaired) electrons. The molecule has 0 N–H and O–H groups in total. The van der Waals surface area contributed by atoms with E-state index in [1.807, 2.05) is 18.2 Å². The van der Waals surface area contributed by atoms with E-state index in [9.17, 15) is 0 Å². The quantitative estimate of drug-likeness (QED) is 0.572. The summed E-state index contributed by atoms with van der Waals surface area (Å²) in [4.78, 5) is 4.66. The summed E-state index contributed by atoms with van der Waals surface area (Å²) in [7, 11) is 0. The highest BCUT2D eigenvalue weighted by molar-refractivity contribution is 9.10. The van der Waals surface area contributed by atoms with Crippen LogP contribution in [0, 0.1) is 0 Å². The summed E-state index contributed by atoms with van der Waals surface area (Å²) in [6, 6.07) is 17.0. The molecule has 108 valence electrons. The van der Waals surface area contributed by atoms with Crippen LogP contribution in [-0.2, 0) is 12.3 Å². The molecule has 0 aliphatic carbocycles. The smallest absolute Gasteiger partial charge is 0.125 e. The minimum atomic E-state index is 0.312. The highest BCUT2D eigenvalue weighted by atomic mass is 79.9. The van der Waals surface area contributed by atoms with Gasteiger partial charge in [0.05, 0.1) is 16.9 Å². The molecular weight excluding hydrogens is 348 g/mol. The Bertz CT molecular complexity index is 752. The van der Waals surface area contributed by atoms with Gasteiger partial charge in [-0.05, 0) is 37.1 Å². The fourth-order valence-corrected chi connectivity index (χ4v) is 3.29. The molecular formula is C17H16BrClN2. The van der Waals surface area contributed by atoms with Gasteiger partial charge < -0.3 is 4.57 Å². The molecule has 21 heavy (non-hydrogen) atoms. The molecule has 0 amide bonds. The van der Waals surface area contributed by atoms with Crippen LogP contribution in [0.5, 0.6) is 0 Å². The van der Waals surface area contributed by atoms with E-state index in [1.54, 1.807) is 0 Å². The molecule has 0 saturated heterocycles. The molecule has 0 fully saturated rings. The number of nitrogens with zero attached hydrogens (tertiary/aromatic N) is 2. The molecule has 0 aliphatic rings. The maximum atomic E-state index is 6.10.